The van der Waals surface area contributed by atoms with E-state index in [0.29, 0.717) is 22.3 Å². The zero-order chi connectivity index (χ0) is 20.1. The van der Waals surface area contributed by atoms with Gasteiger partial charge in [0.1, 0.15) is 33.9 Å². The lowest BCUT2D eigenvalue weighted by Gasteiger charge is -2.03. The van der Waals surface area contributed by atoms with E-state index in [1.807, 2.05) is 30.3 Å². The molecule has 0 spiro atoms. The molecule has 9 heteroatoms. The smallest absolute Gasteiger partial charge is 0.276 e. The SMILES string of the molecule is O=C(Nc1nnc(Cc2ccccc2)s1)c1csc(COc2ccc(F)cc2)n1. The number of benzene rings is 2. The zero-order valence-electron chi connectivity index (χ0n) is 15.0. The van der Waals surface area contributed by atoms with Gasteiger partial charge in [0.25, 0.3) is 5.91 Å². The first-order valence-electron chi connectivity index (χ1n) is 8.66. The van der Waals surface area contributed by atoms with Crippen LogP contribution in [0.25, 0.3) is 0 Å². The second-order valence-corrected chi connectivity index (χ2v) is 7.99. The molecular weight excluding hydrogens is 411 g/mol. The molecule has 0 radical (unpaired) electrons. The van der Waals surface area contributed by atoms with E-state index in [-0.39, 0.29) is 24.0 Å². The number of nitrogens with zero attached hydrogens (tertiary/aromatic N) is 3. The summed E-state index contributed by atoms with van der Waals surface area (Å²) >= 11 is 2.65. The summed E-state index contributed by atoms with van der Waals surface area (Å²) in [7, 11) is 0. The molecule has 2 aromatic carbocycles. The van der Waals surface area contributed by atoms with Gasteiger partial charge in [-0.2, -0.15) is 0 Å². The van der Waals surface area contributed by atoms with Gasteiger partial charge in [-0.1, -0.05) is 41.7 Å². The van der Waals surface area contributed by atoms with Crippen molar-refractivity contribution < 1.29 is 13.9 Å². The van der Waals surface area contributed by atoms with Crippen molar-refractivity contribution in [3.05, 3.63) is 87.1 Å². The van der Waals surface area contributed by atoms with E-state index in [1.54, 1.807) is 17.5 Å². The molecule has 0 fully saturated rings. The van der Waals surface area contributed by atoms with Gasteiger partial charge in [0, 0.05) is 11.8 Å². The lowest BCUT2D eigenvalue weighted by Crippen LogP contribution is -2.12. The topological polar surface area (TPSA) is 77.0 Å². The van der Waals surface area contributed by atoms with E-state index in [4.69, 9.17) is 4.74 Å². The third kappa shape index (κ3) is 5.21. The van der Waals surface area contributed by atoms with Crippen LogP contribution in [0.1, 0.15) is 26.1 Å². The molecule has 0 aliphatic carbocycles. The van der Waals surface area contributed by atoms with Crippen LogP contribution in [-0.2, 0) is 13.0 Å². The standard InChI is InChI=1S/C20H15FN4O2S2/c21-14-6-8-15(9-7-14)27-11-18-22-16(12-28-18)19(26)23-20-25-24-17(29-20)10-13-4-2-1-3-5-13/h1-9,12H,10-11H2,(H,23,25,26). The quantitative estimate of drug-likeness (QED) is 0.469. The minimum Gasteiger partial charge on any atom is -0.486 e. The number of hydrogen-bond donors (Lipinski definition) is 1. The number of aromatic nitrogens is 3. The summed E-state index contributed by atoms with van der Waals surface area (Å²) in [5.74, 6) is -0.141. The molecule has 1 amide bonds. The number of ether oxygens (including phenoxy) is 1. The van der Waals surface area contributed by atoms with Crippen LogP contribution in [0.5, 0.6) is 5.75 Å². The monoisotopic (exact) mass is 426 g/mol. The Bertz CT molecular complexity index is 1100. The summed E-state index contributed by atoms with van der Waals surface area (Å²) in [4.78, 5) is 16.7. The predicted octanol–water partition coefficient (Wildman–Crippen LogP) is 4.56. The van der Waals surface area contributed by atoms with Crippen molar-refractivity contribution in [2.45, 2.75) is 13.0 Å². The minimum absolute atomic E-state index is 0.198. The summed E-state index contributed by atoms with van der Waals surface area (Å²) < 4.78 is 18.5. The predicted molar refractivity (Wildman–Crippen MR) is 110 cm³/mol. The maximum Gasteiger partial charge on any atom is 0.276 e. The highest BCUT2D eigenvalue weighted by Gasteiger charge is 2.14. The van der Waals surface area contributed by atoms with Crippen LogP contribution in [-0.4, -0.2) is 21.1 Å². The number of nitrogens with one attached hydrogen (secondary N) is 1. The van der Waals surface area contributed by atoms with Crippen LogP contribution in [0.4, 0.5) is 9.52 Å². The number of hydrogen-bond acceptors (Lipinski definition) is 7. The lowest BCUT2D eigenvalue weighted by atomic mass is 10.2. The summed E-state index contributed by atoms with van der Waals surface area (Å²) in [5.41, 5.74) is 1.42. The highest BCUT2D eigenvalue weighted by molar-refractivity contribution is 7.15. The molecule has 4 rings (SSSR count). The Morgan fingerprint density at radius 1 is 1.03 bits per heavy atom. The summed E-state index contributed by atoms with van der Waals surface area (Å²) in [5, 5.41) is 14.4. The van der Waals surface area contributed by atoms with Gasteiger partial charge in [-0.25, -0.2) is 9.37 Å². The Balaban J connectivity index is 1.32. The Labute approximate surface area is 174 Å². The number of amides is 1. The molecule has 0 bridgehead atoms. The average Bonchev–Trinajstić information content (AvgIpc) is 3.38. The first kappa shape index (κ1) is 19.2. The highest BCUT2D eigenvalue weighted by atomic mass is 32.1. The van der Waals surface area contributed by atoms with E-state index in [9.17, 15) is 9.18 Å². The van der Waals surface area contributed by atoms with Crippen molar-refractivity contribution in [1.29, 1.82) is 0 Å². The molecule has 0 unspecified atom stereocenters. The molecule has 2 aromatic heterocycles. The maximum absolute atomic E-state index is 12.9. The molecule has 4 aromatic rings. The fourth-order valence-electron chi connectivity index (χ4n) is 2.46. The number of anilines is 1. The van der Waals surface area contributed by atoms with Crippen LogP contribution in [0.3, 0.4) is 0 Å². The minimum atomic E-state index is -0.350. The van der Waals surface area contributed by atoms with Gasteiger partial charge < -0.3 is 4.74 Å². The van der Waals surface area contributed by atoms with Crippen LogP contribution >= 0.6 is 22.7 Å². The summed E-state index contributed by atoms with van der Waals surface area (Å²) in [6, 6.07) is 15.7. The molecule has 0 saturated heterocycles. The fraction of sp³-hybridized carbons (Fsp3) is 0.100. The molecular formula is C20H15FN4O2S2. The molecule has 2 heterocycles. The molecule has 146 valence electrons. The largest absolute Gasteiger partial charge is 0.486 e. The van der Waals surface area contributed by atoms with Crippen LogP contribution in [0.15, 0.2) is 60.0 Å². The lowest BCUT2D eigenvalue weighted by molar-refractivity contribution is 0.102. The van der Waals surface area contributed by atoms with Gasteiger partial charge in [-0.05, 0) is 29.8 Å². The van der Waals surface area contributed by atoms with Crippen molar-refractivity contribution in [3.63, 3.8) is 0 Å². The van der Waals surface area contributed by atoms with Crippen molar-refractivity contribution in [1.82, 2.24) is 15.2 Å². The first-order chi connectivity index (χ1) is 14.2. The Hall–Kier alpha value is -3.17. The van der Waals surface area contributed by atoms with E-state index < -0.39 is 0 Å². The van der Waals surface area contributed by atoms with Crippen molar-refractivity contribution in [2.75, 3.05) is 5.32 Å². The van der Waals surface area contributed by atoms with Gasteiger partial charge in [0.05, 0.1) is 0 Å². The normalized spacial score (nSPS) is 10.7. The summed E-state index contributed by atoms with van der Waals surface area (Å²) in [6.45, 7) is 0.198. The third-order valence-electron chi connectivity index (χ3n) is 3.85. The van der Waals surface area contributed by atoms with Gasteiger partial charge in [0.15, 0.2) is 0 Å². The fourth-order valence-corrected chi connectivity index (χ4v) is 3.92. The van der Waals surface area contributed by atoms with E-state index >= 15 is 0 Å². The zero-order valence-corrected chi connectivity index (χ0v) is 16.7. The van der Waals surface area contributed by atoms with Gasteiger partial charge in [0.2, 0.25) is 5.13 Å². The molecule has 29 heavy (non-hydrogen) atoms. The number of carbonyl (C=O) groups excluding carboxylic acids is 1. The maximum atomic E-state index is 12.9. The number of thiazole rings is 1. The number of carbonyl (C=O) groups is 1. The van der Waals surface area contributed by atoms with Gasteiger partial charge in [-0.3, -0.25) is 10.1 Å². The number of halogens is 1. The van der Waals surface area contributed by atoms with Crippen molar-refractivity contribution in [2.24, 2.45) is 0 Å². The summed E-state index contributed by atoms with van der Waals surface area (Å²) in [6.07, 6.45) is 0.663. The van der Waals surface area contributed by atoms with E-state index in [0.717, 1.165) is 10.6 Å². The van der Waals surface area contributed by atoms with Crippen LogP contribution < -0.4 is 10.1 Å². The Morgan fingerprint density at radius 2 is 1.83 bits per heavy atom. The number of rotatable bonds is 7. The second-order valence-electron chi connectivity index (χ2n) is 5.99. The third-order valence-corrected chi connectivity index (χ3v) is 5.51. The molecule has 1 N–H and O–H groups in total. The van der Waals surface area contributed by atoms with Crippen LogP contribution in [0, 0.1) is 5.82 Å². The Kier molecular flexibility index (Phi) is 5.87. The highest BCUT2D eigenvalue weighted by Crippen LogP contribution is 2.20. The van der Waals surface area contributed by atoms with Gasteiger partial charge in [-0.15, -0.1) is 21.5 Å². The molecule has 0 atom stereocenters. The van der Waals surface area contributed by atoms with Gasteiger partial charge >= 0.3 is 0 Å². The van der Waals surface area contributed by atoms with Crippen LogP contribution in [0.2, 0.25) is 0 Å². The second kappa shape index (κ2) is 8.89. The molecule has 0 saturated carbocycles. The molecule has 0 aliphatic heterocycles. The molecule has 0 aliphatic rings. The first-order valence-corrected chi connectivity index (χ1v) is 10.4. The van der Waals surface area contributed by atoms with Crippen molar-refractivity contribution in [3.8, 4) is 5.75 Å². The van der Waals surface area contributed by atoms with E-state index in [1.165, 1.54) is 34.8 Å². The van der Waals surface area contributed by atoms with Crippen molar-refractivity contribution >= 4 is 33.7 Å². The Morgan fingerprint density at radius 3 is 2.62 bits per heavy atom. The average molecular weight is 426 g/mol. The van der Waals surface area contributed by atoms with E-state index in [2.05, 4.69) is 20.5 Å². The molecule has 6 nitrogen and oxygen atoms in total.